The highest BCUT2D eigenvalue weighted by molar-refractivity contribution is 6.33. The molecule has 4 rings (SSSR count). The monoisotopic (exact) mass is 422 g/mol. The quantitative estimate of drug-likeness (QED) is 0.592. The van der Waals surface area contributed by atoms with E-state index in [1.54, 1.807) is 12.1 Å². The highest BCUT2D eigenvalue weighted by Crippen LogP contribution is 2.22. The Hall–Kier alpha value is -2.89. The van der Waals surface area contributed by atoms with Crippen LogP contribution in [0.4, 0.5) is 5.69 Å². The van der Waals surface area contributed by atoms with Gasteiger partial charge in [0.05, 0.1) is 23.7 Å². The van der Waals surface area contributed by atoms with Gasteiger partial charge in [0.1, 0.15) is 0 Å². The largest absolute Gasteiger partial charge is 0.349 e. The molecule has 3 aromatic carbocycles. The molecular formula is C24H25ClN3O2+. The second kappa shape index (κ2) is 9.28. The lowest BCUT2D eigenvalue weighted by molar-refractivity contribution is -0.897. The van der Waals surface area contributed by atoms with Crippen LogP contribution in [0.25, 0.3) is 10.8 Å². The first kappa shape index (κ1) is 20.4. The average molecular weight is 423 g/mol. The van der Waals surface area contributed by atoms with Crippen molar-refractivity contribution in [2.45, 2.75) is 18.9 Å². The Morgan fingerprint density at radius 2 is 1.63 bits per heavy atom. The Kier molecular flexibility index (Phi) is 6.31. The van der Waals surface area contributed by atoms with Crippen LogP contribution in [0.2, 0.25) is 5.02 Å². The lowest BCUT2D eigenvalue weighted by atomic mass is 10.0. The minimum absolute atomic E-state index is 0.0138. The number of hydrogen-bond acceptors (Lipinski definition) is 2. The molecule has 0 aromatic heterocycles. The topological polar surface area (TPSA) is 62.6 Å². The van der Waals surface area contributed by atoms with Gasteiger partial charge >= 0.3 is 0 Å². The number of hydrogen-bond donors (Lipinski definition) is 3. The second-order valence-corrected chi connectivity index (χ2v) is 8.14. The zero-order valence-corrected chi connectivity index (χ0v) is 17.4. The molecule has 3 aromatic rings. The fourth-order valence-corrected chi connectivity index (χ4v) is 4.23. The predicted molar refractivity (Wildman–Crippen MR) is 120 cm³/mol. The number of likely N-dealkylation sites (tertiary alicyclic amines) is 1. The van der Waals surface area contributed by atoms with E-state index < -0.39 is 0 Å². The van der Waals surface area contributed by atoms with Crippen LogP contribution in [0.15, 0.2) is 66.7 Å². The minimum Gasteiger partial charge on any atom is -0.349 e. The Morgan fingerprint density at radius 3 is 2.43 bits per heavy atom. The molecule has 0 aliphatic carbocycles. The third kappa shape index (κ3) is 4.81. The van der Waals surface area contributed by atoms with Gasteiger partial charge in [0, 0.05) is 30.0 Å². The van der Waals surface area contributed by atoms with E-state index in [0.29, 0.717) is 17.1 Å². The second-order valence-electron chi connectivity index (χ2n) is 7.73. The molecule has 154 valence electrons. The fourth-order valence-electron chi connectivity index (χ4n) is 4.01. The number of anilines is 1. The summed E-state index contributed by atoms with van der Waals surface area (Å²) in [5.41, 5.74) is 1.35. The lowest BCUT2D eigenvalue weighted by Gasteiger charge is -2.29. The minimum atomic E-state index is -0.136. The predicted octanol–water partition coefficient (Wildman–Crippen LogP) is 2.91. The van der Waals surface area contributed by atoms with E-state index in [4.69, 9.17) is 11.6 Å². The Labute approximate surface area is 181 Å². The molecule has 0 saturated carbocycles. The van der Waals surface area contributed by atoms with Crippen molar-refractivity contribution < 1.29 is 14.5 Å². The first-order valence-electron chi connectivity index (χ1n) is 10.3. The zero-order valence-electron chi connectivity index (χ0n) is 16.7. The van der Waals surface area contributed by atoms with E-state index in [9.17, 15) is 9.59 Å². The molecule has 6 heteroatoms. The van der Waals surface area contributed by atoms with Crippen LogP contribution in [0.5, 0.6) is 0 Å². The van der Waals surface area contributed by atoms with E-state index in [1.807, 2.05) is 54.6 Å². The molecule has 5 nitrogen and oxygen atoms in total. The summed E-state index contributed by atoms with van der Waals surface area (Å²) in [5, 5.41) is 8.75. The van der Waals surface area contributed by atoms with Crippen molar-refractivity contribution >= 4 is 39.9 Å². The maximum absolute atomic E-state index is 12.6. The van der Waals surface area contributed by atoms with Crippen molar-refractivity contribution in [3.05, 3.63) is 77.3 Å². The van der Waals surface area contributed by atoms with E-state index in [-0.39, 0.29) is 17.9 Å². The van der Waals surface area contributed by atoms with E-state index in [2.05, 4.69) is 10.6 Å². The summed E-state index contributed by atoms with van der Waals surface area (Å²) in [6.45, 7) is 2.11. The van der Waals surface area contributed by atoms with Crippen molar-refractivity contribution in [2.75, 3.05) is 25.0 Å². The summed E-state index contributed by atoms with van der Waals surface area (Å²) in [7, 11) is 0. The van der Waals surface area contributed by atoms with Gasteiger partial charge in [0.2, 0.25) is 0 Å². The normalized spacial score (nSPS) is 18.7. The number of quaternary nitrogens is 1. The molecule has 0 bridgehead atoms. The third-order valence-electron chi connectivity index (χ3n) is 5.62. The van der Waals surface area contributed by atoms with Crippen LogP contribution in [-0.2, 0) is 4.79 Å². The molecule has 3 N–H and O–H groups in total. The smallest absolute Gasteiger partial charge is 0.279 e. The molecule has 1 saturated heterocycles. The Bertz CT molecular complexity index is 1060. The Balaban J connectivity index is 1.28. The number of nitrogens with one attached hydrogen (secondary N) is 3. The van der Waals surface area contributed by atoms with Gasteiger partial charge in [-0.2, -0.15) is 0 Å². The van der Waals surface area contributed by atoms with Crippen LogP contribution in [0.3, 0.4) is 0 Å². The molecule has 30 heavy (non-hydrogen) atoms. The van der Waals surface area contributed by atoms with Crippen molar-refractivity contribution in [1.82, 2.24) is 5.32 Å². The maximum Gasteiger partial charge on any atom is 0.279 e. The van der Waals surface area contributed by atoms with Gasteiger partial charge in [-0.1, -0.05) is 60.1 Å². The highest BCUT2D eigenvalue weighted by atomic mass is 35.5. The summed E-state index contributed by atoms with van der Waals surface area (Å²) in [5.74, 6) is -0.123. The number of rotatable bonds is 5. The molecular weight excluding hydrogens is 398 g/mol. The molecule has 0 unspecified atom stereocenters. The number of piperidine rings is 1. The van der Waals surface area contributed by atoms with E-state index >= 15 is 0 Å². The van der Waals surface area contributed by atoms with Gasteiger partial charge in [-0.15, -0.1) is 0 Å². The summed E-state index contributed by atoms with van der Waals surface area (Å²) in [6.07, 6.45) is 1.68. The van der Waals surface area contributed by atoms with Gasteiger partial charge in [-0.3, -0.25) is 9.59 Å². The molecule has 0 spiro atoms. The SMILES string of the molecule is O=C(C[NH+]1CCC(NC(=O)c2ccccc2Cl)CC1)Nc1cccc2ccccc12. The number of carbonyl (C=O) groups is 2. The number of benzene rings is 3. The van der Waals surface area contributed by atoms with Gasteiger partial charge < -0.3 is 15.5 Å². The highest BCUT2D eigenvalue weighted by Gasteiger charge is 2.25. The fraction of sp³-hybridized carbons (Fsp3) is 0.250. The lowest BCUT2D eigenvalue weighted by Crippen LogP contribution is -3.14. The number of halogens is 1. The molecule has 0 radical (unpaired) electrons. The molecule has 1 aliphatic heterocycles. The molecule has 0 atom stereocenters. The van der Waals surface area contributed by atoms with Crippen molar-refractivity contribution in [2.24, 2.45) is 0 Å². The van der Waals surface area contributed by atoms with Crippen LogP contribution < -0.4 is 15.5 Å². The number of amides is 2. The van der Waals surface area contributed by atoms with Crippen LogP contribution in [0.1, 0.15) is 23.2 Å². The van der Waals surface area contributed by atoms with Crippen molar-refractivity contribution in [1.29, 1.82) is 0 Å². The number of carbonyl (C=O) groups excluding carboxylic acids is 2. The van der Waals surface area contributed by atoms with Crippen LogP contribution >= 0.6 is 11.6 Å². The van der Waals surface area contributed by atoms with Crippen LogP contribution in [0, 0.1) is 0 Å². The van der Waals surface area contributed by atoms with E-state index in [0.717, 1.165) is 42.4 Å². The summed E-state index contributed by atoms with van der Waals surface area (Å²) < 4.78 is 0. The summed E-state index contributed by atoms with van der Waals surface area (Å²) in [6, 6.07) is 21.1. The first-order chi connectivity index (χ1) is 14.6. The van der Waals surface area contributed by atoms with Gasteiger partial charge in [0.15, 0.2) is 6.54 Å². The first-order valence-corrected chi connectivity index (χ1v) is 10.6. The average Bonchev–Trinajstić information content (AvgIpc) is 2.75. The third-order valence-corrected chi connectivity index (χ3v) is 5.95. The van der Waals surface area contributed by atoms with Crippen molar-refractivity contribution in [3.63, 3.8) is 0 Å². The summed E-state index contributed by atoms with van der Waals surface area (Å²) >= 11 is 6.11. The van der Waals surface area contributed by atoms with Gasteiger partial charge in [-0.05, 0) is 23.6 Å². The molecule has 1 heterocycles. The Morgan fingerprint density at radius 1 is 0.933 bits per heavy atom. The maximum atomic E-state index is 12.6. The molecule has 2 amide bonds. The number of fused-ring (bicyclic) bond motifs is 1. The van der Waals surface area contributed by atoms with Gasteiger partial charge in [0.25, 0.3) is 11.8 Å². The standard InChI is InChI=1S/C24H24ClN3O2/c25-21-10-4-3-9-20(21)24(30)26-18-12-14-28(15-13-18)16-23(29)27-22-11-5-7-17-6-1-2-8-19(17)22/h1-11,18H,12-16H2,(H,26,30)(H,27,29)/p+1. The van der Waals surface area contributed by atoms with Gasteiger partial charge in [-0.25, -0.2) is 0 Å². The summed E-state index contributed by atoms with van der Waals surface area (Å²) in [4.78, 5) is 26.3. The zero-order chi connectivity index (χ0) is 20.9. The van der Waals surface area contributed by atoms with Crippen molar-refractivity contribution in [3.8, 4) is 0 Å². The van der Waals surface area contributed by atoms with Crippen LogP contribution in [-0.4, -0.2) is 37.5 Å². The molecule has 1 aliphatic rings. The molecule has 1 fully saturated rings. The van der Waals surface area contributed by atoms with E-state index in [1.165, 1.54) is 4.90 Å².